The smallest absolute Gasteiger partial charge is 0.265 e. The first-order chi connectivity index (χ1) is 15.0. The zero-order chi connectivity index (χ0) is 21.5. The SMILES string of the molecule is Cn1cc(-c2ccc3c(c2)-c2sc(C(=O)Nc4c(F)cccc4F)cc2CCC3)cn1. The normalized spacial score (nSPS) is 12.7. The molecule has 0 spiro atoms. The lowest BCUT2D eigenvalue weighted by molar-refractivity contribution is 0.102. The molecule has 0 aliphatic heterocycles. The molecule has 0 bridgehead atoms. The van der Waals surface area contributed by atoms with Gasteiger partial charge in [-0.2, -0.15) is 5.10 Å². The van der Waals surface area contributed by atoms with Gasteiger partial charge in [0.2, 0.25) is 0 Å². The zero-order valence-electron chi connectivity index (χ0n) is 16.8. The molecule has 0 fully saturated rings. The van der Waals surface area contributed by atoms with Gasteiger partial charge in [-0.1, -0.05) is 18.2 Å². The molecule has 2 aromatic heterocycles. The number of para-hydroxylation sites is 1. The number of hydrogen-bond acceptors (Lipinski definition) is 3. The molecule has 0 saturated carbocycles. The lowest BCUT2D eigenvalue weighted by Gasteiger charge is -2.09. The monoisotopic (exact) mass is 435 g/mol. The Morgan fingerprint density at radius 3 is 2.58 bits per heavy atom. The van der Waals surface area contributed by atoms with Gasteiger partial charge < -0.3 is 5.32 Å². The molecular formula is C24H19F2N3OS. The molecule has 7 heteroatoms. The number of halogens is 2. The van der Waals surface area contributed by atoms with Gasteiger partial charge in [0.25, 0.3) is 5.91 Å². The van der Waals surface area contributed by atoms with E-state index in [-0.39, 0.29) is 0 Å². The van der Waals surface area contributed by atoms with Crippen LogP contribution in [0.3, 0.4) is 0 Å². The minimum atomic E-state index is -0.794. The predicted octanol–water partition coefficient (Wildman–Crippen LogP) is 5.83. The summed E-state index contributed by atoms with van der Waals surface area (Å²) < 4.78 is 29.7. The number of nitrogens with zero attached hydrogens (tertiary/aromatic N) is 2. The van der Waals surface area contributed by atoms with E-state index in [1.807, 2.05) is 25.5 Å². The van der Waals surface area contributed by atoms with Crippen molar-refractivity contribution in [2.24, 2.45) is 7.05 Å². The van der Waals surface area contributed by atoms with E-state index in [1.54, 1.807) is 4.68 Å². The third-order valence-corrected chi connectivity index (χ3v) is 6.73. The van der Waals surface area contributed by atoms with E-state index in [0.717, 1.165) is 58.5 Å². The van der Waals surface area contributed by atoms with E-state index in [0.29, 0.717) is 4.88 Å². The van der Waals surface area contributed by atoms with Crippen LogP contribution in [0.4, 0.5) is 14.5 Å². The Morgan fingerprint density at radius 2 is 1.84 bits per heavy atom. The molecule has 1 aliphatic carbocycles. The number of amides is 1. The number of nitrogens with one attached hydrogen (secondary N) is 1. The summed E-state index contributed by atoms with van der Waals surface area (Å²) in [4.78, 5) is 14.3. The number of carbonyl (C=O) groups is 1. The van der Waals surface area contributed by atoms with Crippen LogP contribution in [0.5, 0.6) is 0 Å². The standard InChI is InChI=1S/C24H19F2N3OS/c1-29-13-17(12-27-29)15-9-8-14-4-2-5-16-11-21(31-23(16)18(14)10-15)24(30)28-22-19(25)6-3-7-20(22)26/h3,6-13H,2,4-5H2,1H3,(H,28,30). The van der Waals surface area contributed by atoms with Crippen LogP contribution < -0.4 is 5.32 Å². The summed E-state index contributed by atoms with van der Waals surface area (Å²) >= 11 is 1.36. The Morgan fingerprint density at radius 1 is 1.06 bits per heavy atom. The summed E-state index contributed by atoms with van der Waals surface area (Å²) in [5.41, 5.74) is 5.10. The number of fused-ring (bicyclic) bond motifs is 3. The number of benzene rings is 2. The third kappa shape index (κ3) is 3.65. The fraction of sp³-hybridized carbons (Fsp3) is 0.167. The van der Waals surface area contributed by atoms with Gasteiger partial charge in [0.05, 0.1) is 11.1 Å². The van der Waals surface area contributed by atoms with Crippen LogP contribution in [-0.2, 0) is 19.9 Å². The first-order valence-corrected chi connectivity index (χ1v) is 10.8. The maximum Gasteiger partial charge on any atom is 0.265 e. The Bertz CT molecular complexity index is 1290. The minimum Gasteiger partial charge on any atom is -0.316 e. The van der Waals surface area contributed by atoms with Crippen molar-refractivity contribution in [2.75, 3.05) is 5.32 Å². The first-order valence-electron chi connectivity index (χ1n) is 10.00. The summed E-state index contributed by atoms with van der Waals surface area (Å²) in [7, 11) is 1.88. The van der Waals surface area contributed by atoms with Gasteiger partial charge >= 0.3 is 0 Å². The van der Waals surface area contributed by atoms with Crippen LogP contribution in [-0.4, -0.2) is 15.7 Å². The lowest BCUT2D eigenvalue weighted by Crippen LogP contribution is -2.12. The number of hydrogen-bond donors (Lipinski definition) is 1. The van der Waals surface area contributed by atoms with Crippen LogP contribution in [0.15, 0.2) is 54.9 Å². The highest BCUT2D eigenvalue weighted by Crippen LogP contribution is 2.40. The van der Waals surface area contributed by atoms with E-state index < -0.39 is 23.2 Å². The van der Waals surface area contributed by atoms with Crippen molar-refractivity contribution in [1.29, 1.82) is 0 Å². The quantitative estimate of drug-likeness (QED) is 0.440. The average molecular weight is 435 g/mol. The van der Waals surface area contributed by atoms with Crippen LogP contribution >= 0.6 is 11.3 Å². The van der Waals surface area contributed by atoms with Crippen molar-refractivity contribution in [1.82, 2.24) is 9.78 Å². The second-order valence-corrected chi connectivity index (χ2v) is 8.70. The molecule has 4 aromatic rings. The third-order valence-electron chi connectivity index (χ3n) is 5.52. The molecule has 0 atom stereocenters. The van der Waals surface area contributed by atoms with Crippen LogP contribution in [0.25, 0.3) is 21.6 Å². The molecule has 4 nitrogen and oxygen atoms in total. The second-order valence-electron chi connectivity index (χ2n) is 7.64. The zero-order valence-corrected chi connectivity index (χ0v) is 17.6. The van der Waals surface area contributed by atoms with Gasteiger partial charge in [0, 0.05) is 23.7 Å². The van der Waals surface area contributed by atoms with E-state index >= 15 is 0 Å². The molecule has 1 amide bonds. The predicted molar refractivity (Wildman–Crippen MR) is 118 cm³/mol. The van der Waals surface area contributed by atoms with Gasteiger partial charge in [0.15, 0.2) is 0 Å². The van der Waals surface area contributed by atoms with Crippen LogP contribution in [0.1, 0.15) is 27.2 Å². The summed E-state index contributed by atoms with van der Waals surface area (Å²) in [6.45, 7) is 0. The minimum absolute atomic E-state index is 0.421. The molecule has 0 unspecified atom stereocenters. The fourth-order valence-electron chi connectivity index (χ4n) is 3.97. The van der Waals surface area contributed by atoms with E-state index in [2.05, 4.69) is 28.6 Å². The number of rotatable bonds is 3. The summed E-state index contributed by atoms with van der Waals surface area (Å²) in [6.07, 6.45) is 6.59. The molecule has 0 saturated heterocycles. The molecule has 0 radical (unpaired) electrons. The number of anilines is 1. The van der Waals surface area contributed by atoms with Crippen molar-refractivity contribution in [3.8, 4) is 21.6 Å². The fourth-order valence-corrected chi connectivity index (χ4v) is 5.13. The van der Waals surface area contributed by atoms with Crippen molar-refractivity contribution in [3.63, 3.8) is 0 Å². The highest BCUT2D eigenvalue weighted by Gasteiger charge is 2.22. The van der Waals surface area contributed by atoms with Gasteiger partial charge in [-0.15, -0.1) is 11.3 Å². The Labute approximate surface area is 182 Å². The molecule has 31 heavy (non-hydrogen) atoms. The van der Waals surface area contributed by atoms with E-state index in [4.69, 9.17) is 0 Å². The van der Waals surface area contributed by atoms with Crippen molar-refractivity contribution >= 4 is 22.9 Å². The number of aromatic nitrogens is 2. The van der Waals surface area contributed by atoms with Gasteiger partial charge in [0.1, 0.15) is 17.3 Å². The number of carbonyl (C=O) groups excluding carboxylic acids is 1. The Balaban J connectivity index is 1.52. The summed E-state index contributed by atoms with van der Waals surface area (Å²) in [5.74, 6) is -2.09. The van der Waals surface area contributed by atoms with Crippen molar-refractivity contribution in [3.05, 3.63) is 82.5 Å². The van der Waals surface area contributed by atoms with E-state index in [9.17, 15) is 13.6 Å². The topological polar surface area (TPSA) is 46.9 Å². The molecule has 2 aromatic carbocycles. The maximum atomic E-state index is 14.0. The highest BCUT2D eigenvalue weighted by atomic mass is 32.1. The van der Waals surface area contributed by atoms with Crippen LogP contribution in [0, 0.1) is 11.6 Å². The molecular weight excluding hydrogens is 416 g/mol. The molecule has 2 heterocycles. The highest BCUT2D eigenvalue weighted by molar-refractivity contribution is 7.17. The second kappa shape index (κ2) is 7.74. The summed E-state index contributed by atoms with van der Waals surface area (Å²) in [5, 5.41) is 6.65. The Kier molecular flexibility index (Phi) is 4.90. The average Bonchev–Trinajstić information content (AvgIpc) is 3.34. The van der Waals surface area contributed by atoms with Gasteiger partial charge in [-0.25, -0.2) is 8.78 Å². The van der Waals surface area contributed by atoms with Crippen molar-refractivity contribution < 1.29 is 13.6 Å². The number of aryl methyl sites for hydroxylation is 3. The molecule has 156 valence electrons. The lowest BCUT2D eigenvalue weighted by atomic mass is 9.98. The van der Waals surface area contributed by atoms with E-state index in [1.165, 1.54) is 23.0 Å². The number of thiophene rings is 1. The molecule has 5 rings (SSSR count). The molecule has 1 aliphatic rings. The first kappa shape index (κ1) is 19.6. The maximum absolute atomic E-state index is 14.0. The van der Waals surface area contributed by atoms with Crippen LogP contribution in [0.2, 0.25) is 0 Å². The van der Waals surface area contributed by atoms with Crippen molar-refractivity contribution in [2.45, 2.75) is 19.3 Å². The molecule has 1 N–H and O–H groups in total. The Hall–Kier alpha value is -3.32. The van der Waals surface area contributed by atoms with Gasteiger partial charge in [-0.05, 0) is 65.8 Å². The largest absolute Gasteiger partial charge is 0.316 e. The summed E-state index contributed by atoms with van der Waals surface area (Å²) in [6, 6.07) is 11.7. The van der Waals surface area contributed by atoms with Gasteiger partial charge in [-0.3, -0.25) is 9.48 Å².